The summed E-state index contributed by atoms with van der Waals surface area (Å²) in [7, 11) is 0. The number of benzene rings is 1. The number of hydrogen-bond donors (Lipinski definition) is 0. The van der Waals surface area contributed by atoms with Crippen LogP contribution in [0.1, 0.15) is 42.5 Å². The van der Waals surface area contributed by atoms with Crippen LogP contribution in [-0.2, 0) is 11.3 Å². The van der Waals surface area contributed by atoms with E-state index in [-0.39, 0.29) is 29.2 Å². The highest BCUT2D eigenvalue weighted by Gasteiger charge is 2.49. The Labute approximate surface area is 200 Å². The minimum atomic E-state index is -0.186. The van der Waals surface area contributed by atoms with Gasteiger partial charge in [-0.2, -0.15) is 0 Å². The lowest BCUT2D eigenvalue weighted by Crippen LogP contribution is -3.00. The third-order valence-corrected chi connectivity index (χ3v) is 8.45. The number of ether oxygens (including phenoxy) is 1. The summed E-state index contributed by atoms with van der Waals surface area (Å²) < 4.78 is 7.45. The molecular formula is C25H33BrN2O2S. The Morgan fingerprint density at radius 1 is 1.16 bits per heavy atom. The molecule has 6 rings (SSSR count). The lowest BCUT2D eigenvalue weighted by molar-refractivity contribution is -0.949. The van der Waals surface area contributed by atoms with Gasteiger partial charge in [-0.1, -0.05) is 24.6 Å². The zero-order valence-electron chi connectivity index (χ0n) is 18.3. The van der Waals surface area contributed by atoms with Crippen LogP contribution >= 0.6 is 11.3 Å². The minimum Gasteiger partial charge on any atom is -1.00 e. The first-order valence-electron chi connectivity index (χ1n) is 11.5. The van der Waals surface area contributed by atoms with Gasteiger partial charge in [-0.15, -0.1) is 11.3 Å². The van der Waals surface area contributed by atoms with Gasteiger partial charge in [0.25, 0.3) is 0 Å². The molecule has 1 aromatic heterocycles. The summed E-state index contributed by atoms with van der Waals surface area (Å²) in [4.78, 5) is 16.4. The fraction of sp³-hybridized carbons (Fsp3) is 0.560. The summed E-state index contributed by atoms with van der Waals surface area (Å²) in [6, 6.07) is 12.3. The van der Waals surface area contributed by atoms with Crippen molar-refractivity contribution in [3.8, 4) is 0 Å². The van der Waals surface area contributed by atoms with E-state index in [4.69, 9.17) is 4.74 Å². The largest absolute Gasteiger partial charge is 1.00 e. The zero-order valence-corrected chi connectivity index (χ0v) is 20.7. The molecule has 1 saturated carbocycles. The molecule has 6 heteroatoms. The highest BCUT2D eigenvalue weighted by Crippen LogP contribution is 2.39. The van der Waals surface area contributed by atoms with E-state index in [1.54, 1.807) is 11.3 Å². The molecule has 1 amide bonds. The number of amides is 1. The second-order valence-corrected chi connectivity index (χ2v) is 10.7. The second kappa shape index (κ2) is 9.63. The number of hydrogen-bond acceptors (Lipinski definition) is 3. The van der Waals surface area contributed by atoms with Gasteiger partial charge < -0.3 is 26.2 Å². The van der Waals surface area contributed by atoms with Gasteiger partial charge >= 0.3 is 6.09 Å². The fourth-order valence-corrected chi connectivity index (χ4v) is 6.34. The van der Waals surface area contributed by atoms with Crippen molar-refractivity contribution in [1.82, 2.24) is 0 Å². The highest BCUT2D eigenvalue weighted by atomic mass is 79.9. The van der Waals surface area contributed by atoms with E-state index in [1.807, 2.05) is 23.1 Å². The Kier molecular flexibility index (Phi) is 7.09. The van der Waals surface area contributed by atoms with Crippen LogP contribution in [0, 0.1) is 18.8 Å². The van der Waals surface area contributed by atoms with Crippen LogP contribution in [0.2, 0.25) is 0 Å². The van der Waals surface area contributed by atoms with Gasteiger partial charge in [0, 0.05) is 35.2 Å². The van der Waals surface area contributed by atoms with E-state index in [0.717, 1.165) is 23.7 Å². The molecule has 0 radical (unpaired) electrons. The summed E-state index contributed by atoms with van der Waals surface area (Å²) in [5.41, 5.74) is 2.08. The number of halogens is 1. The number of carbonyl (C=O) groups excluding carboxylic acids is 1. The molecule has 1 atom stereocenters. The number of rotatable bonds is 6. The zero-order chi connectivity index (χ0) is 20.6. The number of anilines is 1. The number of thiophene rings is 1. The Morgan fingerprint density at radius 2 is 1.97 bits per heavy atom. The molecule has 168 valence electrons. The maximum absolute atomic E-state index is 13.4. The van der Waals surface area contributed by atoms with Gasteiger partial charge in [0.05, 0.1) is 26.2 Å². The molecular weight excluding hydrogens is 472 g/mol. The number of quaternary nitrogens is 1. The van der Waals surface area contributed by atoms with Crippen molar-refractivity contribution in [1.29, 1.82) is 0 Å². The van der Waals surface area contributed by atoms with E-state index < -0.39 is 0 Å². The minimum absolute atomic E-state index is 0. The van der Waals surface area contributed by atoms with Gasteiger partial charge in [0.15, 0.2) is 6.10 Å². The third-order valence-electron chi connectivity index (χ3n) is 7.59. The van der Waals surface area contributed by atoms with Gasteiger partial charge in [0.2, 0.25) is 0 Å². The van der Waals surface area contributed by atoms with Crippen LogP contribution in [-0.4, -0.2) is 42.9 Å². The number of carbonyl (C=O) groups is 1. The van der Waals surface area contributed by atoms with Gasteiger partial charge in [-0.3, -0.25) is 4.90 Å². The van der Waals surface area contributed by atoms with E-state index in [9.17, 15) is 4.79 Å². The van der Waals surface area contributed by atoms with Crippen molar-refractivity contribution in [2.75, 3.05) is 31.1 Å². The first-order valence-corrected chi connectivity index (χ1v) is 12.4. The van der Waals surface area contributed by atoms with Crippen molar-refractivity contribution in [2.24, 2.45) is 11.8 Å². The van der Waals surface area contributed by atoms with Crippen LogP contribution in [0.3, 0.4) is 0 Å². The van der Waals surface area contributed by atoms with Gasteiger partial charge in [-0.25, -0.2) is 4.79 Å². The maximum atomic E-state index is 13.4. The number of fused-ring (bicyclic) bond motifs is 3. The predicted octanol–water partition coefficient (Wildman–Crippen LogP) is 2.61. The van der Waals surface area contributed by atoms with E-state index in [1.165, 1.54) is 61.1 Å². The molecule has 2 bridgehead atoms. The van der Waals surface area contributed by atoms with Crippen LogP contribution in [0.15, 0.2) is 41.8 Å². The predicted molar refractivity (Wildman–Crippen MR) is 122 cm³/mol. The lowest BCUT2D eigenvalue weighted by Gasteiger charge is -2.54. The SMILES string of the molecule is Cc1cccc(N(Cc2cccs2)C(=O)O[C@H]2C[N+]3(CC4CCC4)CCC2CC3)c1.[Br-]. The summed E-state index contributed by atoms with van der Waals surface area (Å²) >= 11 is 1.69. The second-order valence-electron chi connectivity index (χ2n) is 9.72. The van der Waals surface area contributed by atoms with Crippen molar-refractivity contribution < 1.29 is 31.0 Å². The summed E-state index contributed by atoms with van der Waals surface area (Å²) in [6.45, 7) is 7.53. The first-order chi connectivity index (χ1) is 14.6. The van der Waals surface area contributed by atoms with E-state index >= 15 is 0 Å². The van der Waals surface area contributed by atoms with Crippen LogP contribution in [0.5, 0.6) is 0 Å². The standard InChI is InChI=1S/C25H33N2O2S.BrH/c1-19-5-2-8-22(15-19)26(16-23-9-4-14-30-23)25(28)29-24-18-27(17-20-6-3-7-20)12-10-21(24)11-13-27;/h2,4-5,8-9,14-15,20-21,24H,3,6-7,10-13,16-18H2,1H3;1H/q+1;/p-1/t21?,24-,27?;/m0./s1. The maximum Gasteiger partial charge on any atom is 0.415 e. The molecule has 0 N–H and O–H groups in total. The van der Waals surface area contributed by atoms with Crippen LogP contribution in [0.25, 0.3) is 0 Å². The van der Waals surface area contributed by atoms with E-state index in [0.29, 0.717) is 12.5 Å². The van der Waals surface area contributed by atoms with Crippen LogP contribution in [0.4, 0.5) is 10.5 Å². The average Bonchev–Trinajstić information content (AvgIpc) is 3.23. The monoisotopic (exact) mass is 504 g/mol. The summed E-state index contributed by atoms with van der Waals surface area (Å²) in [5, 5.41) is 2.07. The molecule has 4 aliphatic rings. The quantitative estimate of drug-likeness (QED) is 0.565. The first kappa shape index (κ1) is 22.8. The average molecular weight is 506 g/mol. The van der Waals surface area contributed by atoms with Gasteiger partial charge in [0.1, 0.15) is 6.54 Å². The molecule has 1 aromatic carbocycles. The third kappa shape index (κ3) is 5.01. The van der Waals surface area contributed by atoms with Gasteiger partial charge in [-0.05, 0) is 48.9 Å². The molecule has 0 unspecified atom stereocenters. The Balaban J connectivity index is 0.00000231. The Bertz CT molecular complexity index is 875. The number of piperidine rings is 3. The van der Waals surface area contributed by atoms with Crippen LogP contribution < -0.4 is 21.9 Å². The molecule has 0 spiro atoms. The molecule has 4 nitrogen and oxygen atoms in total. The highest BCUT2D eigenvalue weighted by molar-refractivity contribution is 7.09. The normalized spacial score (nSPS) is 27.3. The molecule has 3 aliphatic heterocycles. The van der Waals surface area contributed by atoms with E-state index in [2.05, 4.69) is 30.5 Å². The smallest absolute Gasteiger partial charge is 0.415 e. The molecule has 4 fully saturated rings. The number of aryl methyl sites for hydroxylation is 1. The van der Waals surface area contributed by atoms with Crippen molar-refractivity contribution in [3.63, 3.8) is 0 Å². The molecule has 2 aromatic rings. The summed E-state index contributed by atoms with van der Waals surface area (Å²) in [6.07, 6.45) is 6.50. The number of nitrogens with zero attached hydrogens (tertiary/aromatic N) is 2. The Morgan fingerprint density at radius 3 is 2.61 bits per heavy atom. The lowest BCUT2D eigenvalue weighted by atomic mass is 9.79. The fourth-order valence-electron chi connectivity index (χ4n) is 5.64. The molecule has 3 saturated heterocycles. The topological polar surface area (TPSA) is 29.5 Å². The van der Waals surface area contributed by atoms with Crippen molar-refractivity contribution in [3.05, 3.63) is 52.2 Å². The molecule has 4 heterocycles. The van der Waals surface area contributed by atoms with Crippen molar-refractivity contribution in [2.45, 2.75) is 51.7 Å². The van der Waals surface area contributed by atoms with Crippen molar-refractivity contribution >= 4 is 23.1 Å². The summed E-state index contributed by atoms with van der Waals surface area (Å²) in [5.74, 6) is 1.44. The molecule has 1 aliphatic carbocycles. The Hall–Kier alpha value is -1.37. The molecule has 31 heavy (non-hydrogen) atoms.